The third-order valence-corrected chi connectivity index (χ3v) is 7.17. The summed E-state index contributed by atoms with van der Waals surface area (Å²) in [7, 11) is 0. The number of hydrogen-bond donors (Lipinski definition) is 2. The van der Waals surface area contributed by atoms with Crippen molar-refractivity contribution in [1.29, 1.82) is 0 Å². The van der Waals surface area contributed by atoms with Crippen LogP contribution in [0, 0.1) is 0 Å². The lowest BCUT2D eigenvalue weighted by atomic mass is 9.95. The Labute approximate surface area is 239 Å². The van der Waals surface area contributed by atoms with Gasteiger partial charge in [-0.25, -0.2) is 0 Å². The molecule has 0 radical (unpaired) electrons. The van der Waals surface area contributed by atoms with Crippen LogP contribution in [0.15, 0.2) is 151 Å². The Hall–Kier alpha value is -5.48. The van der Waals surface area contributed by atoms with Gasteiger partial charge >= 0.3 is 0 Å². The minimum absolute atomic E-state index is 0.164. The van der Waals surface area contributed by atoms with Crippen molar-refractivity contribution in [3.63, 3.8) is 0 Å². The molecule has 6 aromatic carbocycles. The van der Waals surface area contributed by atoms with Crippen molar-refractivity contribution in [3.8, 4) is 0 Å². The zero-order valence-corrected chi connectivity index (χ0v) is 22.3. The van der Waals surface area contributed by atoms with Crippen LogP contribution in [0.1, 0.15) is 33.1 Å². The van der Waals surface area contributed by atoms with E-state index in [9.17, 15) is 9.59 Å². The molecule has 0 saturated heterocycles. The number of hydrogen-bond acceptors (Lipinski definition) is 2. The van der Waals surface area contributed by atoms with Crippen LogP contribution in [-0.2, 0) is 4.79 Å². The van der Waals surface area contributed by atoms with Gasteiger partial charge in [0, 0.05) is 5.56 Å². The third kappa shape index (κ3) is 5.63. The first-order valence-electron chi connectivity index (χ1n) is 13.6. The summed E-state index contributed by atoms with van der Waals surface area (Å²) in [5.74, 6) is -0.739. The van der Waals surface area contributed by atoms with Crippen molar-refractivity contribution < 1.29 is 9.59 Å². The number of carbonyl (C=O) groups excluding carboxylic acids is 2. The molecule has 4 nitrogen and oxygen atoms in total. The van der Waals surface area contributed by atoms with E-state index in [-0.39, 0.29) is 17.5 Å². The zero-order chi connectivity index (χ0) is 28.0. The van der Waals surface area contributed by atoms with Crippen LogP contribution < -0.4 is 10.6 Å². The Morgan fingerprint density at radius 3 is 1.56 bits per heavy atom. The molecule has 0 aliphatic carbocycles. The summed E-state index contributed by atoms with van der Waals surface area (Å²) < 4.78 is 0. The molecule has 4 heteroatoms. The van der Waals surface area contributed by atoms with Crippen LogP contribution in [0.4, 0.5) is 0 Å². The highest BCUT2D eigenvalue weighted by atomic mass is 16.2. The van der Waals surface area contributed by atoms with Crippen molar-refractivity contribution in [3.05, 3.63) is 174 Å². The first-order chi connectivity index (χ1) is 20.2. The summed E-state index contributed by atoms with van der Waals surface area (Å²) in [4.78, 5) is 27.5. The first kappa shape index (κ1) is 25.8. The molecule has 0 heterocycles. The number of benzene rings is 6. The lowest BCUT2D eigenvalue weighted by Crippen LogP contribution is -2.37. The highest BCUT2D eigenvalue weighted by molar-refractivity contribution is 6.11. The van der Waals surface area contributed by atoms with E-state index in [0.29, 0.717) is 5.56 Å². The molecule has 0 atom stereocenters. The van der Waals surface area contributed by atoms with Gasteiger partial charge in [0.15, 0.2) is 0 Å². The van der Waals surface area contributed by atoms with Crippen LogP contribution in [-0.4, -0.2) is 11.8 Å². The fourth-order valence-electron chi connectivity index (χ4n) is 5.15. The van der Waals surface area contributed by atoms with Crippen LogP contribution in [0.25, 0.3) is 27.6 Å². The molecular weight excluding hydrogens is 504 g/mol. The second-order valence-corrected chi connectivity index (χ2v) is 9.84. The molecule has 0 aliphatic heterocycles. The van der Waals surface area contributed by atoms with E-state index in [1.807, 2.05) is 103 Å². The highest BCUT2D eigenvalue weighted by Gasteiger charge is 2.22. The molecule has 198 valence electrons. The topological polar surface area (TPSA) is 58.2 Å². The summed E-state index contributed by atoms with van der Waals surface area (Å²) in [5, 5.41) is 10.2. The van der Waals surface area contributed by atoms with Gasteiger partial charge in [0.1, 0.15) is 5.70 Å². The largest absolute Gasteiger partial charge is 0.340 e. The number of carbonyl (C=O) groups is 2. The predicted octanol–water partition coefficient (Wildman–Crippen LogP) is 7.67. The molecular formula is C37H28N2O2. The predicted molar refractivity (Wildman–Crippen MR) is 166 cm³/mol. The molecule has 0 unspecified atom stereocenters. The van der Waals surface area contributed by atoms with E-state index in [1.54, 1.807) is 30.3 Å². The van der Waals surface area contributed by atoms with Crippen molar-refractivity contribution in [1.82, 2.24) is 10.6 Å². The van der Waals surface area contributed by atoms with Crippen LogP contribution in [0.5, 0.6) is 0 Å². The second-order valence-electron chi connectivity index (χ2n) is 9.84. The van der Waals surface area contributed by atoms with E-state index < -0.39 is 6.04 Å². The van der Waals surface area contributed by atoms with Gasteiger partial charge in [0.05, 0.1) is 6.04 Å². The summed E-state index contributed by atoms with van der Waals surface area (Å²) in [6, 6.07) is 46.5. The van der Waals surface area contributed by atoms with Crippen LogP contribution in [0.2, 0.25) is 0 Å². The molecule has 0 aromatic heterocycles. The highest BCUT2D eigenvalue weighted by Crippen LogP contribution is 2.30. The van der Waals surface area contributed by atoms with Crippen molar-refractivity contribution in [2.45, 2.75) is 6.04 Å². The summed E-state index contributed by atoms with van der Waals surface area (Å²) in [5.41, 5.74) is 3.38. The lowest BCUT2D eigenvalue weighted by Gasteiger charge is -2.21. The molecule has 41 heavy (non-hydrogen) atoms. The fraction of sp³-hybridized carbons (Fsp3) is 0.0270. The maximum Gasteiger partial charge on any atom is 0.268 e. The van der Waals surface area contributed by atoms with Gasteiger partial charge in [-0.1, -0.05) is 127 Å². The Balaban J connectivity index is 1.48. The molecule has 0 spiro atoms. The van der Waals surface area contributed by atoms with Gasteiger partial charge in [0.2, 0.25) is 0 Å². The molecule has 0 fully saturated rings. The van der Waals surface area contributed by atoms with Gasteiger partial charge < -0.3 is 10.6 Å². The minimum Gasteiger partial charge on any atom is -0.340 e. The lowest BCUT2D eigenvalue weighted by molar-refractivity contribution is -0.118. The van der Waals surface area contributed by atoms with E-state index in [4.69, 9.17) is 0 Å². The average molecular weight is 533 g/mol. The van der Waals surface area contributed by atoms with E-state index in [2.05, 4.69) is 28.8 Å². The maximum atomic E-state index is 14.1. The zero-order valence-electron chi connectivity index (χ0n) is 22.3. The minimum atomic E-state index is -0.411. The Morgan fingerprint density at radius 1 is 0.561 bits per heavy atom. The molecule has 0 bridgehead atoms. The SMILES string of the molecule is O=C(NC(c1ccccc1)c1ccccc1)C(=Cc1c2ccccc2cc2ccccc12)NC(=O)c1ccccc1. The number of nitrogens with one attached hydrogen (secondary N) is 2. The number of amides is 2. The van der Waals surface area contributed by atoms with E-state index in [1.165, 1.54) is 0 Å². The Bertz CT molecular complexity index is 1770. The van der Waals surface area contributed by atoms with Gasteiger partial charge in [-0.05, 0) is 62.5 Å². The maximum absolute atomic E-state index is 14.1. The van der Waals surface area contributed by atoms with Gasteiger partial charge in [-0.2, -0.15) is 0 Å². The van der Waals surface area contributed by atoms with Crippen molar-refractivity contribution in [2.24, 2.45) is 0 Å². The molecule has 0 saturated carbocycles. The van der Waals surface area contributed by atoms with Crippen molar-refractivity contribution in [2.75, 3.05) is 0 Å². The summed E-state index contributed by atoms with van der Waals surface area (Å²) in [6.07, 6.45) is 1.80. The van der Waals surface area contributed by atoms with E-state index in [0.717, 1.165) is 38.2 Å². The molecule has 6 rings (SSSR count). The quantitative estimate of drug-likeness (QED) is 0.164. The molecule has 2 N–H and O–H groups in total. The number of rotatable bonds is 7. The average Bonchev–Trinajstić information content (AvgIpc) is 3.04. The van der Waals surface area contributed by atoms with Gasteiger partial charge in [-0.15, -0.1) is 0 Å². The van der Waals surface area contributed by atoms with Gasteiger partial charge in [0.25, 0.3) is 11.8 Å². The number of fused-ring (bicyclic) bond motifs is 2. The standard InChI is InChI=1S/C37H28N2O2/c40-36(28-18-8-3-9-19-28)38-34(25-33-31-22-12-10-20-29(31)24-30-21-11-13-23-32(30)33)37(41)39-35(26-14-4-1-5-15-26)27-16-6-2-7-17-27/h1-25,35H,(H,38,40)(H,39,41). The molecule has 2 amide bonds. The fourth-order valence-corrected chi connectivity index (χ4v) is 5.15. The summed E-state index contributed by atoms with van der Waals surface area (Å²) >= 11 is 0. The molecule has 6 aromatic rings. The first-order valence-corrected chi connectivity index (χ1v) is 13.6. The summed E-state index contributed by atoms with van der Waals surface area (Å²) in [6.45, 7) is 0. The third-order valence-electron chi connectivity index (χ3n) is 7.17. The monoisotopic (exact) mass is 532 g/mol. The smallest absolute Gasteiger partial charge is 0.268 e. The second kappa shape index (κ2) is 11.7. The van der Waals surface area contributed by atoms with Crippen LogP contribution >= 0.6 is 0 Å². The van der Waals surface area contributed by atoms with Crippen LogP contribution in [0.3, 0.4) is 0 Å². The van der Waals surface area contributed by atoms with Gasteiger partial charge in [-0.3, -0.25) is 9.59 Å². The Morgan fingerprint density at radius 2 is 1.02 bits per heavy atom. The van der Waals surface area contributed by atoms with E-state index >= 15 is 0 Å². The Kier molecular flexibility index (Phi) is 7.37. The molecule has 0 aliphatic rings. The van der Waals surface area contributed by atoms with Crippen molar-refractivity contribution >= 4 is 39.4 Å². The normalized spacial score (nSPS) is 11.5.